The van der Waals surface area contributed by atoms with E-state index in [-0.39, 0.29) is 33.8 Å². The van der Waals surface area contributed by atoms with Gasteiger partial charge < -0.3 is 14.8 Å². The van der Waals surface area contributed by atoms with E-state index in [4.69, 9.17) is 21.1 Å². The van der Waals surface area contributed by atoms with Crippen LogP contribution in [-0.4, -0.2) is 77.4 Å². The summed E-state index contributed by atoms with van der Waals surface area (Å²) >= 11 is 6.19. The molecular weight excluding hydrogens is 554 g/mol. The topological polar surface area (TPSA) is 122 Å². The van der Waals surface area contributed by atoms with E-state index in [1.807, 2.05) is 6.92 Å². The Morgan fingerprint density at radius 1 is 1.00 bits per heavy atom. The molecule has 2 heterocycles. The third-order valence-corrected chi connectivity index (χ3v) is 10.7. The highest BCUT2D eigenvalue weighted by Crippen LogP contribution is 2.30. The van der Waals surface area contributed by atoms with Crippen molar-refractivity contribution >= 4 is 37.6 Å². The second-order valence-electron chi connectivity index (χ2n) is 9.11. The summed E-state index contributed by atoms with van der Waals surface area (Å²) in [6.45, 7) is 4.19. The number of hydrogen-bond acceptors (Lipinski definition) is 7. The average Bonchev–Trinajstić information content (AvgIpc) is 2.93. The number of carbonyl (C=O) groups is 1. The van der Waals surface area contributed by atoms with Crippen LogP contribution in [0.3, 0.4) is 0 Å². The highest BCUT2D eigenvalue weighted by atomic mass is 35.5. The fourth-order valence-electron chi connectivity index (χ4n) is 4.49. The van der Waals surface area contributed by atoms with Crippen LogP contribution in [0.1, 0.15) is 25.3 Å². The molecule has 10 nitrogen and oxygen atoms in total. The van der Waals surface area contributed by atoms with E-state index in [0.29, 0.717) is 58.0 Å². The minimum absolute atomic E-state index is 0.0548. The van der Waals surface area contributed by atoms with Gasteiger partial charge in [-0.2, -0.15) is 8.61 Å². The van der Waals surface area contributed by atoms with Crippen LogP contribution in [0.4, 0.5) is 0 Å². The van der Waals surface area contributed by atoms with Crippen LogP contribution in [0, 0.1) is 5.92 Å². The van der Waals surface area contributed by atoms with Gasteiger partial charge in [0.15, 0.2) is 0 Å². The first kappa shape index (κ1) is 28.8. The third-order valence-electron chi connectivity index (χ3n) is 6.59. The minimum Gasteiger partial charge on any atom is -0.492 e. The maximum absolute atomic E-state index is 13.2. The Labute approximate surface area is 229 Å². The molecule has 1 N–H and O–H groups in total. The van der Waals surface area contributed by atoms with E-state index in [0.717, 1.165) is 5.56 Å². The van der Waals surface area contributed by atoms with E-state index in [1.165, 1.54) is 38.9 Å². The van der Waals surface area contributed by atoms with Crippen LogP contribution in [0.15, 0.2) is 52.3 Å². The van der Waals surface area contributed by atoms with E-state index in [9.17, 15) is 21.6 Å². The first-order valence-corrected chi connectivity index (χ1v) is 15.8. The molecule has 0 aromatic heterocycles. The summed E-state index contributed by atoms with van der Waals surface area (Å²) in [5.74, 6) is -0.340. The normalized spacial score (nSPS) is 19.7. The molecule has 2 aliphatic rings. The van der Waals surface area contributed by atoms with Gasteiger partial charge in [-0.05, 0) is 55.7 Å². The number of rotatable bonds is 9. The van der Waals surface area contributed by atoms with Crippen molar-refractivity contribution in [2.45, 2.75) is 36.1 Å². The molecule has 1 amide bonds. The van der Waals surface area contributed by atoms with Crippen LogP contribution in [0.2, 0.25) is 5.02 Å². The summed E-state index contributed by atoms with van der Waals surface area (Å²) in [5.41, 5.74) is 0.739. The molecule has 0 unspecified atom stereocenters. The zero-order valence-corrected chi connectivity index (χ0v) is 23.5. The first-order chi connectivity index (χ1) is 18.1. The van der Waals surface area contributed by atoms with Crippen molar-refractivity contribution in [3.63, 3.8) is 0 Å². The Morgan fingerprint density at radius 2 is 1.66 bits per heavy atom. The number of halogens is 1. The molecule has 2 aliphatic heterocycles. The van der Waals surface area contributed by atoms with Gasteiger partial charge in [-0.15, -0.1) is 0 Å². The van der Waals surface area contributed by atoms with Crippen molar-refractivity contribution in [2.75, 3.05) is 46.0 Å². The number of amides is 1. The largest absolute Gasteiger partial charge is 0.492 e. The minimum atomic E-state index is -3.83. The van der Waals surface area contributed by atoms with Crippen molar-refractivity contribution in [3.05, 3.63) is 53.1 Å². The van der Waals surface area contributed by atoms with Crippen molar-refractivity contribution in [2.24, 2.45) is 5.92 Å². The van der Waals surface area contributed by atoms with Gasteiger partial charge in [0, 0.05) is 32.7 Å². The molecule has 0 radical (unpaired) electrons. The van der Waals surface area contributed by atoms with E-state index >= 15 is 0 Å². The van der Waals surface area contributed by atoms with Crippen LogP contribution in [0.25, 0.3) is 0 Å². The summed E-state index contributed by atoms with van der Waals surface area (Å²) in [7, 11) is -7.42. The van der Waals surface area contributed by atoms with E-state index in [1.54, 1.807) is 12.1 Å². The molecule has 1 atom stereocenters. The number of carbonyl (C=O) groups excluding carboxylic acids is 1. The molecule has 13 heteroatoms. The predicted molar refractivity (Wildman–Crippen MR) is 142 cm³/mol. The second kappa shape index (κ2) is 12.3. The summed E-state index contributed by atoms with van der Waals surface area (Å²) in [5, 5.41) is 3.07. The third kappa shape index (κ3) is 6.49. The molecule has 2 fully saturated rings. The summed E-state index contributed by atoms with van der Waals surface area (Å²) in [6, 6.07) is 10.8. The summed E-state index contributed by atoms with van der Waals surface area (Å²) in [4.78, 5) is 13.1. The molecule has 2 saturated heterocycles. The number of nitrogens with one attached hydrogen (secondary N) is 1. The standard InChI is InChI=1S/C25H32ClN3O7S2/c1-2-36-24-10-9-22(16-23(24)26)38(33,34)29-11-3-4-20(18-29)25(30)27-17-19-5-7-21(8-6-19)37(31,32)28-12-14-35-15-13-28/h5-10,16,20H,2-4,11-15,17-18H2,1H3,(H,27,30)/t20-/m1/s1. The zero-order chi connectivity index (χ0) is 27.3. The highest BCUT2D eigenvalue weighted by molar-refractivity contribution is 7.89. The first-order valence-electron chi connectivity index (χ1n) is 12.5. The number of benzene rings is 2. The molecule has 0 spiro atoms. The Morgan fingerprint density at radius 3 is 2.32 bits per heavy atom. The second-order valence-corrected chi connectivity index (χ2v) is 13.4. The molecule has 208 valence electrons. The number of morpholine rings is 1. The van der Waals surface area contributed by atoms with E-state index in [2.05, 4.69) is 5.32 Å². The quantitative estimate of drug-likeness (QED) is 0.480. The molecule has 2 aromatic rings. The number of hydrogen-bond donors (Lipinski definition) is 1. The van der Waals surface area contributed by atoms with Gasteiger partial charge in [0.05, 0.1) is 40.6 Å². The van der Waals surface area contributed by atoms with Gasteiger partial charge in [0.25, 0.3) is 0 Å². The van der Waals surface area contributed by atoms with Gasteiger partial charge in [-0.25, -0.2) is 16.8 Å². The van der Waals surface area contributed by atoms with Gasteiger partial charge in [0.1, 0.15) is 5.75 Å². The predicted octanol–water partition coefficient (Wildman–Crippen LogP) is 2.48. The monoisotopic (exact) mass is 585 g/mol. The maximum atomic E-state index is 13.2. The van der Waals surface area contributed by atoms with Crippen molar-refractivity contribution in [1.82, 2.24) is 13.9 Å². The molecular formula is C25H32ClN3O7S2. The Hall–Kier alpha value is -2.22. The fourth-order valence-corrected chi connectivity index (χ4v) is 7.75. The van der Waals surface area contributed by atoms with Crippen LogP contribution in [-0.2, 0) is 36.1 Å². The molecule has 0 aliphatic carbocycles. The van der Waals surface area contributed by atoms with Crippen molar-refractivity contribution in [1.29, 1.82) is 0 Å². The van der Waals surface area contributed by atoms with Crippen molar-refractivity contribution < 1.29 is 31.1 Å². The number of piperidine rings is 1. The zero-order valence-electron chi connectivity index (χ0n) is 21.1. The average molecular weight is 586 g/mol. The lowest BCUT2D eigenvalue weighted by Gasteiger charge is -2.31. The number of ether oxygens (including phenoxy) is 2. The summed E-state index contributed by atoms with van der Waals surface area (Å²) in [6.07, 6.45) is 1.12. The molecule has 0 saturated carbocycles. The SMILES string of the molecule is CCOc1ccc(S(=O)(=O)N2CCC[C@@H](C(=O)NCc3ccc(S(=O)(=O)N4CCOCC4)cc3)C2)cc1Cl. The lowest BCUT2D eigenvalue weighted by atomic mass is 9.99. The van der Waals surface area contributed by atoms with Gasteiger partial charge in [0.2, 0.25) is 26.0 Å². The highest BCUT2D eigenvalue weighted by Gasteiger charge is 2.33. The molecule has 0 bridgehead atoms. The van der Waals surface area contributed by atoms with Crippen LogP contribution < -0.4 is 10.1 Å². The lowest BCUT2D eigenvalue weighted by Crippen LogP contribution is -2.45. The van der Waals surface area contributed by atoms with Crippen LogP contribution >= 0.6 is 11.6 Å². The summed E-state index contributed by atoms with van der Waals surface area (Å²) < 4.78 is 65.3. The number of sulfonamides is 2. The molecule has 2 aromatic carbocycles. The Bertz CT molecular complexity index is 1350. The van der Waals surface area contributed by atoms with Crippen molar-refractivity contribution in [3.8, 4) is 5.75 Å². The number of nitrogens with zero attached hydrogens (tertiary/aromatic N) is 2. The lowest BCUT2D eigenvalue weighted by molar-refractivity contribution is -0.126. The molecule has 38 heavy (non-hydrogen) atoms. The molecule has 4 rings (SSSR count). The fraction of sp³-hybridized carbons (Fsp3) is 0.480. The van der Waals surface area contributed by atoms with E-state index < -0.39 is 26.0 Å². The van der Waals surface area contributed by atoms with Gasteiger partial charge in [-0.3, -0.25) is 4.79 Å². The Balaban J connectivity index is 1.35. The van der Waals surface area contributed by atoms with Crippen LogP contribution in [0.5, 0.6) is 5.75 Å². The van der Waals surface area contributed by atoms with Gasteiger partial charge in [-0.1, -0.05) is 23.7 Å². The van der Waals surface area contributed by atoms with Gasteiger partial charge >= 0.3 is 0 Å². The maximum Gasteiger partial charge on any atom is 0.243 e. The smallest absolute Gasteiger partial charge is 0.243 e. The Kier molecular flexibility index (Phi) is 9.32.